The molecule has 1 aliphatic rings. The summed E-state index contributed by atoms with van der Waals surface area (Å²) < 4.78 is 32.7. The SMILES string of the molecule is COc1cc(F)c(C2(C(=O)O)CCCC2)c(F)c1. The van der Waals surface area contributed by atoms with Gasteiger partial charge >= 0.3 is 5.97 Å². The molecule has 0 saturated heterocycles. The fourth-order valence-electron chi connectivity index (χ4n) is 2.67. The molecule has 2 rings (SSSR count). The molecule has 3 nitrogen and oxygen atoms in total. The maximum atomic E-state index is 14.0. The van der Waals surface area contributed by atoms with Crippen LogP contribution in [0.25, 0.3) is 0 Å². The summed E-state index contributed by atoms with van der Waals surface area (Å²) in [6.45, 7) is 0. The number of benzene rings is 1. The molecule has 1 aliphatic carbocycles. The van der Waals surface area contributed by atoms with Crippen LogP contribution in [0, 0.1) is 11.6 Å². The fraction of sp³-hybridized carbons (Fsp3) is 0.462. The molecule has 0 heterocycles. The van der Waals surface area contributed by atoms with Gasteiger partial charge in [-0.05, 0) is 12.8 Å². The average molecular weight is 256 g/mol. The van der Waals surface area contributed by atoms with E-state index in [9.17, 15) is 18.7 Å². The standard InChI is InChI=1S/C13H14F2O3/c1-18-8-6-9(14)11(10(15)7-8)13(12(16)17)4-2-3-5-13/h6-7H,2-5H2,1H3,(H,16,17). The molecule has 5 heteroatoms. The molecule has 0 aliphatic heterocycles. The first-order chi connectivity index (χ1) is 8.51. The van der Waals surface area contributed by atoms with E-state index in [1.807, 2.05) is 0 Å². The number of carboxylic acids is 1. The van der Waals surface area contributed by atoms with Crippen molar-refractivity contribution in [2.75, 3.05) is 7.11 Å². The minimum Gasteiger partial charge on any atom is -0.497 e. The third-order valence-corrected chi connectivity index (χ3v) is 3.60. The van der Waals surface area contributed by atoms with Gasteiger partial charge in [-0.1, -0.05) is 12.8 Å². The van der Waals surface area contributed by atoms with Gasteiger partial charge in [0.25, 0.3) is 0 Å². The Hall–Kier alpha value is -1.65. The number of carbonyl (C=O) groups is 1. The van der Waals surface area contributed by atoms with Gasteiger partial charge in [0, 0.05) is 17.7 Å². The molecule has 1 aromatic carbocycles. The van der Waals surface area contributed by atoms with E-state index in [2.05, 4.69) is 0 Å². The molecule has 1 N–H and O–H groups in total. The van der Waals surface area contributed by atoms with E-state index in [0.29, 0.717) is 12.8 Å². The van der Waals surface area contributed by atoms with E-state index >= 15 is 0 Å². The summed E-state index contributed by atoms with van der Waals surface area (Å²) >= 11 is 0. The van der Waals surface area contributed by atoms with Gasteiger partial charge in [-0.3, -0.25) is 4.79 Å². The molecule has 1 fully saturated rings. The summed E-state index contributed by atoms with van der Waals surface area (Å²) in [6.07, 6.45) is 1.86. The Kier molecular flexibility index (Phi) is 3.24. The number of aliphatic carboxylic acids is 1. The molecule has 1 saturated carbocycles. The fourth-order valence-corrected chi connectivity index (χ4v) is 2.67. The molecule has 0 unspecified atom stereocenters. The Morgan fingerprint density at radius 3 is 2.17 bits per heavy atom. The van der Waals surface area contributed by atoms with Gasteiger partial charge < -0.3 is 9.84 Å². The molecule has 1 aromatic rings. The maximum absolute atomic E-state index is 14.0. The second-order valence-electron chi connectivity index (χ2n) is 4.56. The van der Waals surface area contributed by atoms with Gasteiger partial charge in [0.15, 0.2) is 0 Å². The van der Waals surface area contributed by atoms with Crippen LogP contribution < -0.4 is 4.74 Å². The van der Waals surface area contributed by atoms with Crippen LogP contribution in [0.4, 0.5) is 8.78 Å². The third kappa shape index (κ3) is 1.83. The zero-order chi connectivity index (χ0) is 13.3. The Labute approximate surface area is 103 Å². The summed E-state index contributed by atoms with van der Waals surface area (Å²) in [6, 6.07) is 2.06. The summed E-state index contributed by atoms with van der Waals surface area (Å²) in [5.74, 6) is -2.82. The number of hydrogen-bond acceptors (Lipinski definition) is 2. The highest BCUT2D eigenvalue weighted by Gasteiger charge is 2.46. The first kappa shape index (κ1) is 12.8. The summed E-state index contributed by atoms with van der Waals surface area (Å²) in [4.78, 5) is 11.4. The minimum absolute atomic E-state index is 0.0484. The van der Waals surface area contributed by atoms with E-state index in [1.54, 1.807) is 0 Å². The van der Waals surface area contributed by atoms with Crippen LogP contribution in [0.3, 0.4) is 0 Å². The van der Waals surface area contributed by atoms with Crippen molar-refractivity contribution >= 4 is 5.97 Å². The molecular formula is C13H14F2O3. The van der Waals surface area contributed by atoms with Crippen LogP contribution in [0.5, 0.6) is 5.75 Å². The zero-order valence-corrected chi connectivity index (χ0v) is 10.0. The van der Waals surface area contributed by atoms with Crippen molar-refractivity contribution in [3.8, 4) is 5.75 Å². The molecule has 18 heavy (non-hydrogen) atoms. The Balaban J connectivity index is 2.59. The molecule has 0 bridgehead atoms. The Bertz CT molecular complexity index is 456. The second kappa shape index (κ2) is 4.55. The zero-order valence-electron chi connectivity index (χ0n) is 10.0. The lowest BCUT2D eigenvalue weighted by molar-refractivity contribution is -0.143. The molecule has 98 valence electrons. The molecule has 0 radical (unpaired) electrons. The van der Waals surface area contributed by atoms with Crippen molar-refractivity contribution in [3.63, 3.8) is 0 Å². The van der Waals surface area contributed by atoms with Gasteiger partial charge in [0.1, 0.15) is 17.4 Å². The summed E-state index contributed by atoms with van der Waals surface area (Å²) in [5, 5.41) is 9.33. The molecule has 0 spiro atoms. The topological polar surface area (TPSA) is 46.5 Å². The van der Waals surface area contributed by atoms with E-state index < -0.39 is 23.0 Å². The van der Waals surface area contributed by atoms with Crippen LogP contribution in [0.1, 0.15) is 31.2 Å². The van der Waals surface area contributed by atoms with Gasteiger partial charge in [-0.2, -0.15) is 0 Å². The first-order valence-corrected chi connectivity index (χ1v) is 5.78. The number of methoxy groups -OCH3 is 1. The third-order valence-electron chi connectivity index (χ3n) is 3.60. The van der Waals surface area contributed by atoms with Gasteiger partial charge in [-0.15, -0.1) is 0 Å². The summed E-state index contributed by atoms with van der Waals surface area (Å²) in [7, 11) is 1.30. The van der Waals surface area contributed by atoms with Crippen LogP contribution in [0.15, 0.2) is 12.1 Å². The average Bonchev–Trinajstić information content (AvgIpc) is 2.78. The number of halogens is 2. The predicted molar refractivity (Wildman–Crippen MR) is 60.7 cm³/mol. The van der Waals surface area contributed by atoms with Crippen molar-refractivity contribution in [1.82, 2.24) is 0 Å². The van der Waals surface area contributed by atoms with Gasteiger partial charge in [0.05, 0.1) is 12.5 Å². The van der Waals surface area contributed by atoms with Crippen molar-refractivity contribution in [3.05, 3.63) is 29.3 Å². The van der Waals surface area contributed by atoms with Crippen LogP contribution >= 0.6 is 0 Å². The van der Waals surface area contributed by atoms with E-state index in [1.165, 1.54) is 7.11 Å². The van der Waals surface area contributed by atoms with E-state index in [4.69, 9.17) is 4.74 Å². The first-order valence-electron chi connectivity index (χ1n) is 5.78. The van der Waals surface area contributed by atoms with Crippen LogP contribution in [-0.2, 0) is 10.2 Å². The molecule has 0 atom stereocenters. The molecule has 0 aromatic heterocycles. The summed E-state index contributed by atoms with van der Waals surface area (Å²) in [5.41, 5.74) is -1.77. The smallest absolute Gasteiger partial charge is 0.314 e. The second-order valence-corrected chi connectivity index (χ2v) is 4.56. The monoisotopic (exact) mass is 256 g/mol. The highest BCUT2D eigenvalue weighted by atomic mass is 19.1. The Morgan fingerprint density at radius 2 is 1.78 bits per heavy atom. The molecular weight excluding hydrogens is 242 g/mol. The number of ether oxygens (including phenoxy) is 1. The van der Waals surface area contributed by atoms with Crippen molar-refractivity contribution in [2.24, 2.45) is 0 Å². The normalized spacial score (nSPS) is 17.7. The van der Waals surface area contributed by atoms with Gasteiger partial charge in [-0.25, -0.2) is 8.78 Å². The lowest BCUT2D eigenvalue weighted by Crippen LogP contribution is -2.34. The van der Waals surface area contributed by atoms with Gasteiger partial charge in [0.2, 0.25) is 0 Å². The van der Waals surface area contributed by atoms with Crippen molar-refractivity contribution < 1.29 is 23.4 Å². The number of hydrogen-bond donors (Lipinski definition) is 1. The maximum Gasteiger partial charge on any atom is 0.314 e. The van der Waals surface area contributed by atoms with Crippen molar-refractivity contribution in [2.45, 2.75) is 31.1 Å². The highest BCUT2D eigenvalue weighted by Crippen LogP contribution is 2.44. The quantitative estimate of drug-likeness (QED) is 0.904. The van der Waals surface area contributed by atoms with Crippen LogP contribution in [0.2, 0.25) is 0 Å². The van der Waals surface area contributed by atoms with E-state index in [-0.39, 0.29) is 24.2 Å². The number of rotatable bonds is 3. The highest BCUT2D eigenvalue weighted by molar-refractivity contribution is 5.82. The lowest BCUT2D eigenvalue weighted by Gasteiger charge is -2.25. The Morgan fingerprint density at radius 1 is 1.28 bits per heavy atom. The van der Waals surface area contributed by atoms with Crippen LogP contribution in [-0.4, -0.2) is 18.2 Å². The number of carboxylic acid groups (broad SMARTS) is 1. The van der Waals surface area contributed by atoms with Crippen molar-refractivity contribution in [1.29, 1.82) is 0 Å². The minimum atomic E-state index is -1.43. The molecule has 0 amide bonds. The predicted octanol–water partition coefficient (Wildman–Crippen LogP) is 2.87. The van der Waals surface area contributed by atoms with E-state index in [0.717, 1.165) is 12.1 Å². The largest absolute Gasteiger partial charge is 0.497 e. The lowest BCUT2D eigenvalue weighted by atomic mass is 9.78.